The quantitative estimate of drug-likeness (QED) is 0.401. The number of aromatic hydroxyl groups is 2. The number of carbonyl (C=O) groups is 1. The molecule has 34 heavy (non-hydrogen) atoms. The topological polar surface area (TPSA) is 90.6 Å². The first-order chi connectivity index (χ1) is 16.4. The van der Waals surface area contributed by atoms with Crippen molar-refractivity contribution >= 4 is 17.4 Å². The van der Waals surface area contributed by atoms with Crippen molar-refractivity contribution in [1.29, 1.82) is 0 Å². The smallest absolute Gasteiger partial charge is 0.260 e. The monoisotopic (exact) mass is 454 g/mol. The van der Waals surface area contributed by atoms with Crippen molar-refractivity contribution in [2.75, 3.05) is 5.32 Å². The van der Waals surface area contributed by atoms with Gasteiger partial charge in [0.25, 0.3) is 5.91 Å². The number of phenols is 2. The maximum Gasteiger partial charge on any atom is 0.260 e. The number of aromatic nitrogens is 2. The lowest BCUT2D eigenvalue weighted by Gasteiger charge is -2.20. The van der Waals surface area contributed by atoms with Gasteiger partial charge in [-0.05, 0) is 36.1 Å². The first kappa shape index (κ1) is 21.6. The van der Waals surface area contributed by atoms with E-state index in [2.05, 4.69) is 29.5 Å². The zero-order valence-electron chi connectivity index (χ0n) is 19.1. The maximum atomic E-state index is 13.5. The summed E-state index contributed by atoms with van der Waals surface area (Å²) in [6.07, 6.45) is 0. The number of amides is 1. The van der Waals surface area contributed by atoms with Gasteiger partial charge in [0, 0.05) is 31.3 Å². The first-order valence-electron chi connectivity index (χ1n) is 11.2. The third-order valence-electron chi connectivity index (χ3n) is 6.19. The molecule has 0 radical (unpaired) electrons. The average Bonchev–Trinajstić information content (AvgIpc) is 3.38. The van der Waals surface area contributed by atoms with Crippen LogP contribution in [0, 0.1) is 13.8 Å². The van der Waals surface area contributed by atoms with E-state index in [-0.39, 0.29) is 23.0 Å². The fourth-order valence-electron chi connectivity index (χ4n) is 4.42. The zero-order chi connectivity index (χ0) is 23.8. The minimum absolute atomic E-state index is 0.118. The molecule has 0 bridgehead atoms. The molecule has 3 aromatic carbocycles. The molecule has 1 aliphatic rings. The third-order valence-corrected chi connectivity index (χ3v) is 6.19. The van der Waals surface area contributed by atoms with Gasteiger partial charge >= 0.3 is 0 Å². The zero-order valence-corrected chi connectivity index (χ0v) is 19.1. The van der Waals surface area contributed by atoms with Crippen LogP contribution in [0.15, 0.2) is 66.7 Å². The summed E-state index contributed by atoms with van der Waals surface area (Å²) in [5.74, 6) is -0.0597. The Balaban J connectivity index is 1.48. The second-order valence-corrected chi connectivity index (χ2v) is 8.70. The second-order valence-electron chi connectivity index (χ2n) is 8.70. The lowest BCUT2D eigenvalue weighted by atomic mass is 10.1. The van der Waals surface area contributed by atoms with Gasteiger partial charge in [-0.1, -0.05) is 48.5 Å². The molecule has 0 spiro atoms. The highest BCUT2D eigenvalue weighted by Gasteiger charge is 2.28. The van der Waals surface area contributed by atoms with Gasteiger partial charge in [0.05, 0.1) is 17.9 Å². The van der Waals surface area contributed by atoms with Crippen molar-refractivity contribution in [2.45, 2.75) is 33.5 Å². The molecule has 1 amide bonds. The summed E-state index contributed by atoms with van der Waals surface area (Å²) in [7, 11) is 0. The number of nitrogens with one attached hydrogen (secondary N) is 1. The third kappa shape index (κ3) is 4.08. The molecule has 0 atom stereocenters. The molecule has 4 aromatic rings. The highest BCUT2D eigenvalue weighted by molar-refractivity contribution is 6.03. The fraction of sp³-hybridized carbons (Fsp3) is 0.185. The molecular weight excluding hydrogens is 428 g/mol. The lowest BCUT2D eigenvalue weighted by Crippen LogP contribution is -2.26. The van der Waals surface area contributed by atoms with Crippen LogP contribution in [0.3, 0.4) is 0 Å². The van der Waals surface area contributed by atoms with E-state index in [1.807, 2.05) is 54.1 Å². The Morgan fingerprint density at radius 1 is 0.971 bits per heavy atom. The van der Waals surface area contributed by atoms with Gasteiger partial charge in [0.15, 0.2) is 0 Å². The molecule has 5 rings (SSSR count). The number of phenolic OH excluding ortho intramolecular Hbond substituents is 2. The van der Waals surface area contributed by atoms with E-state index in [0.717, 1.165) is 27.9 Å². The minimum atomic E-state index is -0.308. The Kier molecular flexibility index (Phi) is 5.45. The standard InChI is InChI=1S/C27H26N4O3/c1-17-7-3-4-8-19(17)16-31-25(11-18(2)29-31)28-23-12-22(32)13-24(33)26(23)27(34)30-14-20-9-5-6-10-21(20)15-30/h3-13,28,32-33H,14-16H2,1-2H3. The Morgan fingerprint density at radius 2 is 1.65 bits per heavy atom. The number of rotatable bonds is 5. The van der Waals surface area contributed by atoms with E-state index in [0.29, 0.717) is 31.1 Å². The average molecular weight is 455 g/mol. The molecule has 7 nitrogen and oxygen atoms in total. The molecule has 2 heterocycles. The molecular formula is C27H26N4O3. The van der Waals surface area contributed by atoms with E-state index in [1.54, 1.807) is 4.90 Å². The van der Waals surface area contributed by atoms with Crippen molar-refractivity contribution in [3.8, 4) is 11.5 Å². The van der Waals surface area contributed by atoms with Crippen LogP contribution < -0.4 is 5.32 Å². The van der Waals surface area contributed by atoms with Crippen molar-refractivity contribution in [3.63, 3.8) is 0 Å². The van der Waals surface area contributed by atoms with Gasteiger partial charge in [0.2, 0.25) is 0 Å². The number of carbonyl (C=O) groups excluding carboxylic acids is 1. The van der Waals surface area contributed by atoms with Gasteiger partial charge in [-0.2, -0.15) is 5.10 Å². The summed E-state index contributed by atoms with van der Waals surface area (Å²) >= 11 is 0. The summed E-state index contributed by atoms with van der Waals surface area (Å²) in [4.78, 5) is 15.2. The normalized spacial score (nSPS) is 12.6. The largest absolute Gasteiger partial charge is 0.508 e. The number of anilines is 2. The van der Waals surface area contributed by atoms with Crippen LogP contribution in [-0.4, -0.2) is 30.8 Å². The Labute approximate surface area is 197 Å². The number of benzene rings is 3. The summed E-state index contributed by atoms with van der Waals surface area (Å²) < 4.78 is 1.82. The minimum Gasteiger partial charge on any atom is -0.508 e. The van der Waals surface area contributed by atoms with E-state index in [9.17, 15) is 15.0 Å². The molecule has 0 aliphatic carbocycles. The lowest BCUT2D eigenvalue weighted by molar-refractivity contribution is 0.0749. The van der Waals surface area contributed by atoms with Crippen LogP contribution in [0.1, 0.15) is 38.3 Å². The summed E-state index contributed by atoms with van der Waals surface area (Å²) in [6.45, 7) is 5.43. The van der Waals surface area contributed by atoms with E-state index < -0.39 is 0 Å². The summed E-state index contributed by atoms with van der Waals surface area (Å²) in [6, 6.07) is 20.5. The van der Waals surface area contributed by atoms with Crippen molar-refractivity contribution in [1.82, 2.24) is 14.7 Å². The van der Waals surface area contributed by atoms with E-state index >= 15 is 0 Å². The van der Waals surface area contributed by atoms with Gasteiger partial charge in [0.1, 0.15) is 22.9 Å². The second kappa shape index (κ2) is 8.59. The van der Waals surface area contributed by atoms with E-state index in [1.165, 1.54) is 12.1 Å². The number of nitrogens with zero attached hydrogens (tertiary/aromatic N) is 3. The summed E-state index contributed by atoms with van der Waals surface area (Å²) in [5.41, 5.74) is 5.71. The highest BCUT2D eigenvalue weighted by Crippen LogP contribution is 2.36. The SMILES string of the molecule is Cc1cc(Nc2cc(O)cc(O)c2C(=O)N2Cc3ccccc3C2)n(Cc2ccccc2C)n1. The highest BCUT2D eigenvalue weighted by atomic mass is 16.3. The molecule has 7 heteroatoms. The van der Waals surface area contributed by atoms with Crippen LogP contribution in [-0.2, 0) is 19.6 Å². The van der Waals surface area contributed by atoms with E-state index in [4.69, 9.17) is 0 Å². The predicted molar refractivity (Wildman–Crippen MR) is 130 cm³/mol. The maximum absolute atomic E-state index is 13.5. The van der Waals surface area contributed by atoms with Crippen LogP contribution in [0.5, 0.6) is 11.5 Å². The van der Waals surface area contributed by atoms with Crippen LogP contribution in [0.2, 0.25) is 0 Å². The molecule has 1 aromatic heterocycles. The van der Waals surface area contributed by atoms with Gasteiger partial charge < -0.3 is 20.4 Å². The molecule has 3 N–H and O–H groups in total. The fourth-order valence-corrected chi connectivity index (χ4v) is 4.42. The van der Waals surface area contributed by atoms with Crippen LogP contribution in [0.25, 0.3) is 0 Å². The number of hydrogen-bond acceptors (Lipinski definition) is 5. The Morgan fingerprint density at radius 3 is 2.35 bits per heavy atom. The first-order valence-corrected chi connectivity index (χ1v) is 11.2. The van der Waals surface area contributed by atoms with Gasteiger partial charge in [-0.25, -0.2) is 4.68 Å². The predicted octanol–water partition coefficient (Wildman–Crippen LogP) is 4.86. The van der Waals surface area contributed by atoms with Crippen molar-refractivity contribution in [3.05, 3.63) is 100 Å². The number of fused-ring (bicyclic) bond motifs is 1. The van der Waals surface area contributed by atoms with Crippen molar-refractivity contribution in [2.24, 2.45) is 0 Å². The molecule has 0 unspecified atom stereocenters. The number of hydrogen-bond donors (Lipinski definition) is 3. The number of aryl methyl sites for hydroxylation is 2. The van der Waals surface area contributed by atoms with Crippen LogP contribution in [0.4, 0.5) is 11.5 Å². The molecule has 0 saturated heterocycles. The molecule has 172 valence electrons. The summed E-state index contributed by atoms with van der Waals surface area (Å²) in [5, 5.41) is 28.7. The Bertz CT molecular complexity index is 1370. The van der Waals surface area contributed by atoms with Crippen molar-refractivity contribution < 1.29 is 15.0 Å². The Hall–Kier alpha value is -4.26. The van der Waals surface area contributed by atoms with Crippen LogP contribution >= 0.6 is 0 Å². The molecule has 0 fully saturated rings. The molecule has 0 saturated carbocycles. The van der Waals surface area contributed by atoms with Gasteiger partial charge in [-0.3, -0.25) is 4.79 Å². The molecule has 1 aliphatic heterocycles. The van der Waals surface area contributed by atoms with Gasteiger partial charge in [-0.15, -0.1) is 0 Å².